The third-order valence-electron chi connectivity index (χ3n) is 4.40. The Balaban J connectivity index is 1.64. The van der Waals surface area contributed by atoms with E-state index in [1.807, 2.05) is 0 Å². The Morgan fingerprint density at radius 1 is 1.03 bits per heavy atom. The van der Waals surface area contributed by atoms with Crippen LogP contribution in [0.1, 0.15) is 15.9 Å². The lowest BCUT2D eigenvalue weighted by Gasteiger charge is -2.11. The van der Waals surface area contributed by atoms with Crippen LogP contribution >= 0.6 is 0 Å². The molecule has 1 aromatic carbocycles. The van der Waals surface area contributed by atoms with Gasteiger partial charge in [-0.3, -0.25) is 4.79 Å². The fourth-order valence-corrected chi connectivity index (χ4v) is 2.95. The van der Waals surface area contributed by atoms with E-state index in [9.17, 15) is 18.0 Å². The van der Waals surface area contributed by atoms with Crippen molar-refractivity contribution in [3.05, 3.63) is 72.2 Å². The van der Waals surface area contributed by atoms with Gasteiger partial charge in [-0.2, -0.15) is 13.2 Å². The van der Waals surface area contributed by atoms with E-state index in [1.165, 1.54) is 12.3 Å². The van der Waals surface area contributed by atoms with Crippen LogP contribution in [0.5, 0.6) is 0 Å². The summed E-state index contributed by atoms with van der Waals surface area (Å²) in [6.45, 7) is 0. The van der Waals surface area contributed by atoms with E-state index in [2.05, 4.69) is 15.3 Å². The number of carbonyl (C=O) groups is 1. The van der Waals surface area contributed by atoms with Gasteiger partial charge in [-0.05, 0) is 36.4 Å². The standard InChI is InChI=1S/C20H15F3N6O/c21-20(22,23)15-7-13(8-26-18(15)25)12-4-5-17-27-16(10-29(17)9-12)28-19(30)11-2-1-3-14(24)6-11/h1-10H,24H2,(H2,25,26)(H,28,30). The molecule has 7 nitrogen and oxygen atoms in total. The number of benzene rings is 1. The van der Waals surface area contributed by atoms with E-state index in [0.717, 1.165) is 6.07 Å². The Kier molecular flexibility index (Phi) is 4.53. The number of halogens is 3. The molecular formula is C20H15F3N6O. The molecule has 0 aliphatic carbocycles. The van der Waals surface area contributed by atoms with Crippen molar-refractivity contribution >= 4 is 28.9 Å². The highest BCUT2D eigenvalue weighted by molar-refractivity contribution is 6.04. The number of fused-ring (bicyclic) bond motifs is 1. The van der Waals surface area contributed by atoms with Crippen LogP contribution < -0.4 is 16.8 Å². The van der Waals surface area contributed by atoms with Crippen LogP contribution in [0.4, 0.5) is 30.5 Å². The van der Waals surface area contributed by atoms with E-state index in [0.29, 0.717) is 22.5 Å². The molecule has 4 rings (SSSR count). The third kappa shape index (κ3) is 3.75. The SMILES string of the molecule is Nc1cccc(C(=O)Nc2cn3cc(-c4cnc(N)c(C(F)(F)F)c4)ccc3n2)c1. The van der Waals surface area contributed by atoms with E-state index in [-0.39, 0.29) is 17.3 Å². The van der Waals surface area contributed by atoms with Crippen molar-refractivity contribution < 1.29 is 18.0 Å². The van der Waals surface area contributed by atoms with Gasteiger partial charge in [0.1, 0.15) is 11.5 Å². The van der Waals surface area contributed by atoms with E-state index < -0.39 is 17.6 Å². The number of nitrogens with two attached hydrogens (primary N) is 2. The first-order valence-electron chi connectivity index (χ1n) is 8.69. The normalized spacial score (nSPS) is 11.6. The molecule has 0 radical (unpaired) electrons. The van der Waals surface area contributed by atoms with Gasteiger partial charge < -0.3 is 21.2 Å². The van der Waals surface area contributed by atoms with Crippen molar-refractivity contribution in [1.82, 2.24) is 14.4 Å². The minimum absolute atomic E-state index is 0.248. The molecule has 5 N–H and O–H groups in total. The van der Waals surface area contributed by atoms with Gasteiger partial charge in [0.2, 0.25) is 0 Å². The molecule has 3 heterocycles. The van der Waals surface area contributed by atoms with Gasteiger partial charge in [0.25, 0.3) is 5.91 Å². The Morgan fingerprint density at radius 3 is 2.57 bits per heavy atom. The third-order valence-corrected chi connectivity index (χ3v) is 4.40. The number of imidazole rings is 1. The van der Waals surface area contributed by atoms with Gasteiger partial charge in [0.15, 0.2) is 5.82 Å². The molecule has 1 amide bonds. The van der Waals surface area contributed by atoms with Crippen molar-refractivity contribution in [1.29, 1.82) is 0 Å². The van der Waals surface area contributed by atoms with Gasteiger partial charge in [-0.1, -0.05) is 6.07 Å². The van der Waals surface area contributed by atoms with Crippen LogP contribution in [-0.4, -0.2) is 20.3 Å². The number of pyridine rings is 2. The monoisotopic (exact) mass is 412 g/mol. The van der Waals surface area contributed by atoms with Crippen LogP contribution in [0.3, 0.4) is 0 Å². The molecule has 0 unspecified atom stereocenters. The molecule has 0 saturated heterocycles. The van der Waals surface area contributed by atoms with Crippen molar-refractivity contribution in [2.45, 2.75) is 6.18 Å². The number of rotatable bonds is 3. The van der Waals surface area contributed by atoms with Crippen LogP contribution in [-0.2, 0) is 6.18 Å². The summed E-state index contributed by atoms with van der Waals surface area (Å²) >= 11 is 0. The molecule has 152 valence electrons. The van der Waals surface area contributed by atoms with Gasteiger partial charge in [-0.15, -0.1) is 0 Å². The number of hydrogen-bond donors (Lipinski definition) is 3. The lowest BCUT2D eigenvalue weighted by atomic mass is 10.1. The maximum absolute atomic E-state index is 13.1. The predicted molar refractivity (Wildman–Crippen MR) is 107 cm³/mol. The van der Waals surface area contributed by atoms with Crippen molar-refractivity contribution in [2.24, 2.45) is 0 Å². The van der Waals surface area contributed by atoms with Gasteiger partial charge in [0, 0.05) is 34.8 Å². The zero-order valence-corrected chi connectivity index (χ0v) is 15.3. The Hall–Kier alpha value is -4.08. The maximum atomic E-state index is 13.1. The van der Waals surface area contributed by atoms with Gasteiger partial charge >= 0.3 is 6.18 Å². The minimum Gasteiger partial charge on any atom is -0.399 e. The maximum Gasteiger partial charge on any atom is 0.419 e. The van der Waals surface area contributed by atoms with Crippen LogP contribution in [0.15, 0.2) is 61.1 Å². The number of carbonyl (C=O) groups excluding carboxylic acids is 1. The number of aromatic nitrogens is 3. The highest BCUT2D eigenvalue weighted by atomic mass is 19.4. The molecule has 0 fully saturated rings. The summed E-state index contributed by atoms with van der Waals surface area (Å²) < 4.78 is 40.9. The van der Waals surface area contributed by atoms with Crippen LogP contribution in [0.25, 0.3) is 16.8 Å². The van der Waals surface area contributed by atoms with Gasteiger partial charge in [-0.25, -0.2) is 9.97 Å². The number of nitrogens with zero attached hydrogens (tertiary/aromatic N) is 3. The van der Waals surface area contributed by atoms with Crippen LogP contribution in [0, 0.1) is 0 Å². The zero-order valence-electron chi connectivity index (χ0n) is 15.3. The van der Waals surface area contributed by atoms with Crippen molar-refractivity contribution in [3.63, 3.8) is 0 Å². The quantitative estimate of drug-likeness (QED) is 0.443. The number of amides is 1. The molecular weight excluding hydrogens is 397 g/mol. The molecule has 0 saturated carbocycles. The first-order chi connectivity index (χ1) is 14.2. The van der Waals surface area contributed by atoms with E-state index in [4.69, 9.17) is 11.5 Å². The summed E-state index contributed by atoms with van der Waals surface area (Å²) in [5.41, 5.74) is 12.1. The molecule has 0 aliphatic rings. The largest absolute Gasteiger partial charge is 0.419 e. The number of hydrogen-bond acceptors (Lipinski definition) is 5. The first kappa shape index (κ1) is 19.2. The molecule has 0 atom stereocenters. The minimum atomic E-state index is -4.61. The number of anilines is 3. The number of alkyl halides is 3. The fourth-order valence-electron chi connectivity index (χ4n) is 2.95. The van der Waals surface area contributed by atoms with E-state index in [1.54, 1.807) is 47.1 Å². The van der Waals surface area contributed by atoms with Crippen LogP contribution in [0.2, 0.25) is 0 Å². The smallest absolute Gasteiger partial charge is 0.399 e. The average Bonchev–Trinajstić information content (AvgIpc) is 3.08. The summed E-state index contributed by atoms with van der Waals surface area (Å²) in [5, 5.41) is 2.67. The van der Waals surface area contributed by atoms with Crippen molar-refractivity contribution in [3.8, 4) is 11.1 Å². The Morgan fingerprint density at radius 2 is 1.83 bits per heavy atom. The Bertz CT molecular complexity index is 1270. The molecule has 3 aromatic heterocycles. The first-order valence-corrected chi connectivity index (χ1v) is 8.69. The predicted octanol–water partition coefficient (Wildman–Crippen LogP) is 3.83. The van der Waals surface area contributed by atoms with Gasteiger partial charge in [0.05, 0.1) is 11.8 Å². The molecule has 0 spiro atoms. The zero-order chi connectivity index (χ0) is 21.5. The summed E-state index contributed by atoms with van der Waals surface area (Å²) in [5.74, 6) is -0.684. The van der Waals surface area contributed by atoms with E-state index >= 15 is 0 Å². The second kappa shape index (κ2) is 7.07. The molecule has 10 heteroatoms. The molecule has 0 aliphatic heterocycles. The summed E-state index contributed by atoms with van der Waals surface area (Å²) in [6, 6.07) is 10.7. The molecule has 0 bridgehead atoms. The summed E-state index contributed by atoms with van der Waals surface area (Å²) in [7, 11) is 0. The number of nitrogen functional groups attached to an aromatic ring is 2. The summed E-state index contributed by atoms with van der Waals surface area (Å²) in [4.78, 5) is 20.3. The Labute approximate surface area is 168 Å². The molecule has 30 heavy (non-hydrogen) atoms. The topological polar surface area (TPSA) is 111 Å². The summed E-state index contributed by atoms with van der Waals surface area (Å²) in [6.07, 6.45) is -0.195. The highest BCUT2D eigenvalue weighted by Crippen LogP contribution is 2.35. The average molecular weight is 412 g/mol. The second-order valence-corrected chi connectivity index (χ2v) is 6.54. The lowest BCUT2D eigenvalue weighted by molar-refractivity contribution is -0.137. The van der Waals surface area contributed by atoms with Crippen molar-refractivity contribution in [2.75, 3.05) is 16.8 Å². The second-order valence-electron chi connectivity index (χ2n) is 6.54. The number of nitrogens with one attached hydrogen (secondary N) is 1. The lowest BCUT2D eigenvalue weighted by Crippen LogP contribution is -2.12. The molecule has 4 aromatic rings. The highest BCUT2D eigenvalue weighted by Gasteiger charge is 2.34. The fraction of sp³-hybridized carbons (Fsp3) is 0.0500.